The number of benzene rings is 1. The number of nitrogens with one attached hydrogen (secondary N) is 1. The fourth-order valence-electron chi connectivity index (χ4n) is 3.20. The summed E-state index contributed by atoms with van der Waals surface area (Å²) in [5.41, 5.74) is 0.881. The number of terminal acetylenes is 1. The average molecular weight is 317 g/mol. The minimum absolute atomic E-state index is 0.00200. The highest BCUT2D eigenvalue weighted by atomic mass is 19.1. The van der Waals surface area contributed by atoms with E-state index in [4.69, 9.17) is 11.2 Å². The number of carbonyl (C=O) groups is 1. The normalized spacial score (nSPS) is 16.4. The second-order valence-corrected chi connectivity index (χ2v) is 6.26. The molecule has 0 radical (unpaired) electrons. The molecule has 1 fully saturated rings. The molecule has 0 unspecified atom stereocenters. The van der Waals surface area contributed by atoms with Crippen LogP contribution in [-0.4, -0.2) is 18.6 Å². The average Bonchev–Trinajstić information content (AvgIpc) is 2.54. The van der Waals surface area contributed by atoms with E-state index in [1.807, 2.05) is 6.92 Å². The van der Waals surface area contributed by atoms with Crippen molar-refractivity contribution in [2.75, 3.05) is 6.61 Å². The third-order valence-corrected chi connectivity index (χ3v) is 4.51. The van der Waals surface area contributed by atoms with Crippen LogP contribution in [0, 0.1) is 31.0 Å². The van der Waals surface area contributed by atoms with Gasteiger partial charge >= 0.3 is 0 Å². The Labute approximate surface area is 137 Å². The molecule has 3 nitrogen and oxygen atoms in total. The van der Waals surface area contributed by atoms with Crippen molar-refractivity contribution in [1.29, 1.82) is 0 Å². The van der Waals surface area contributed by atoms with E-state index in [9.17, 15) is 9.18 Å². The lowest BCUT2D eigenvalue weighted by Gasteiger charge is -2.28. The summed E-state index contributed by atoms with van der Waals surface area (Å²) in [6.07, 6.45) is 11.1. The lowest BCUT2D eigenvalue weighted by atomic mass is 9.84. The molecule has 1 saturated carbocycles. The smallest absolute Gasteiger partial charge is 0.251 e. The van der Waals surface area contributed by atoms with Crippen LogP contribution in [-0.2, 0) is 0 Å². The van der Waals surface area contributed by atoms with E-state index in [2.05, 4.69) is 11.2 Å². The molecule has 0 saturated heterocycles. The molecule has 23 heavy (non-hydrogen) atoms. The van der Waals surface area contributed by atoms with Gasteiger partial charge in [0, 0.05) is 11.6 Å². The van der Waals surface area contributed by atoms with Crippen LogP contribution in [0.4, 0.5) is 4.39 Å². The predicted octanol–water partition coefficient (Wildman–Crippen LogP) is 3.84. The Morgan fingerprint density at radius 1 is 1.43 bits per heavy atom. The molecule has 0 aromatic heterocycles. The number of ether oxygens (including phenoxy) is 1. The minimum atomic E-state index is -0.560. The standard InChI is InChI=1S/C19H24FNO2/c1-4-10-23-18-13(2)11-16(12-17(18)20)19(22)21-14(3)15-8-6-5-7-9-15/h1,11-12,14-15H,5-10H2,2-3H3,(H,21,22)/t14-/m0/s1. The second-order valence-electron chi connectivity index (χ2n) is 6.26. The monoisotopic (exact) mass is 317 g/mol. The number of aryl methyl sites for hydroxylation is 1. The Kier molecular flexibility index (Phi) is 6.04. The van der Waals surface area contributed by atoms with Crippen LogP contribution in [0.3, 0.4) is 0 Å². The van der Waals surface area contributed by atoms with E-state index in [-0.39, 0.29) is 24.3 Å². The zero-order valence-electron chi connectivity index (χ0n) is 13.8. The molecule has 1 aromatic rings. The van der Waals surface area contributed by atoms with Crippen LogP contribution in [0.1, 0.15) is 54.9 Å². The van der Waals surface area contributed by atoms with Crippen molar-refractivity contribution < 1.29 is 13.9 Å². The van der Waals surface area contributed by atoms with Crippen molar-refractivity contribution in [3.63, 3.8) is 0 Å². The quantitative estimate of drug-likeness (QED) is 0.838. The van der Waals surface area contributed by atoms with Gasteiger partial charge in [0.25, 0.3) is 5.91 Å². The van der Waals surface area contributed by atoms with Crippen LogP contribution >= 0.6 is 0 Å². The Morgan fingerprint density at radius 2 is 2.13 bits per heavy atom. The van der Waals surface area contributed by atoms with Gasteiger partial charge in [0.15, 0.2) is 11.6 Å². The van der Waals surface area contributed by atoms with E-state index in [1.54, 1.807) is 13.0 Å². The van der Waals surface area contributed by atoms with Gasteiger partial charge in [-0.3, -0.25) is 4.79 Å². The molecular weight excluding hydrogens is 293 g/mol. The number of hydrogen-bond acceptors (Lipinski definition) is 2. The lowest BCUT2D eigenvalue weighted by molar-refractivity contribution is 0.0918. The SMILES string of the molecule is C#CCOc1c(C)cc(C(=O)N[C@@H](C)C2CCCCC2)cc1F. The number of amides is 1. The van der Waals surface area contributed by atoms with Gasteiger partial charge < -0.3 is 10.1 Å². The summed E-state index contributed by atoms with van der Waals surface area (Å²) in [5.74, 6) is 2.12. The fraction of sp³-hybridized carbons (Fsp3) is 0.526. The maximum absolute atomic E-state index is 14.1. The molecule has 1 aliphatic carbocycles. The summed E-state index contributed by atoms with van der Waals surface area (Å²) in [7, 11) is 0. The van der Waals surface area contributed by atoms with Crippen LogP contribution in [0.5, 0.6) is 5.75 Å². The van der Waals surface area contributed by atoms with Crippen LogP contribution in [0.2, 0.25) is 0 Å². The van der Waals surface area contributed by atoms with Gasteiger partial charge in [0.1, 0.15) is 6.61 Å². The maximum Gasteiger partial charge on any atom is 0.251 e. The van der Waals surface area contributed by atoms with E-state index in [1.165, 1.54) is 25.3 Å². The summed E-state index contributed by atoms with van der Waals surface area (Å²) in [6.45, 7) is 3.74. The first kappa shape index (κ1) is 17.3. The molecule has 1 amide bonds. The Balaban J connectivity index is 2.05. The van der Waals surface area contributed by atoms with E-state index in [0.717, 1.165) is 12.8 Å². The van der Waals surface area contributed by atoms with Crippen molar-refractivity contribution in [2.24, 2.45) is 5.92 Å². The Morgan fingerprint density at radius 3 is 2.74 bits per heavy atom. The molecule has 1 N–H and O–H groups in total. The molecule has 124 valence electrons. The van der Waals surface area contributed by atoms with Gasteiger partial charge in [-0.2, -0.15) is 0 Å². The molecule has 2 rings (SSSR count). The zero-order chi connectivity index (χ0) is 16.8. The van der Waals surface area contributed by atoms with Crippen molar-refractivity contribution in [2.45, 2.75) is 52.0 Å². The van der Waals surface area contributed by atoms with Crippen molar-refractivity contribution in [3.05, 3.63) is 29.1 Å². The van der Waals surface area contributed by atoms with Gasteiger partial charge in [-0.1, -0.05) is 25.2 Å². The minimum Gasteiger partial charge on any atom is -0.478 e. The summed E-state index contributed by atoms with van der Waals surface area (Å²) >= 11 is 0. The molecule has 0 heterocycles. The molecule has 1 atom stereocenters. The summed E-state index contributed by atoms with van der Waals surface area (Å²) < 4.78 is 19.3. The third-order valence-electron chi connectivity index (χ3n) is 4.51. The van der Waals surface area contributed by atoms with Gasteiger partial charge in [-0.05, 0) is 50.3 Å². The first-order valence-corrected chi connectivity index (χ1v) is 8.20. The summed E-state index contributed by atoms with van der Waals surface area (Å²) in [5, 5.41) is 3.00. The number of halogens is 1. The predicted molar refractivity (Wildman–Crippen MR) is 89.0 cm³/mol. The molecule has 1 aromatic carbocycles. The fourth-order valence-corrected chi connectivity index (χ4v) is 3.20. The van der Waals surface area contributed by atoms with Crippen LogP contribution in [0.25, 0.3) is 0 Å². The second kappa shape index (κ2) is 8.01. The first-order chi connectivity index (χ1) is 11.0. The Bertz CT molecular complexity index is 577. The van der Waals surface area contributed by atoms with Crippen molar-refractivity contribution in [3.8, 4) is 18.1 Å². The third kappa shape index (κ3) is 4.48. The number of rotatable bonds is 5. The van der Waals surface area contributed by atoms with E-state index in [0.29, 0.717) is 17.0 Å². The molecule has 1 aliphatic rings. The summed E-state index contributed by atoms with van der Waals surface area (Å²) in [4.78, 5) is 12.4. The Hall–Kier alpha value is -2.02. The van der Waals surface area contributed by atoms with Gasteiger partial charge in [-0.15, -0.1) is 6.42 Å². The van der Waals surface area contributed by atoms with Crippen LogP contribution < -0.4 is 10.1 Å². The number of hydrogen-bond donors (Lipinski definition) is 1. The van der Waals surface area contributed by atoms with Gasteiger partial charge in [0.2, 0.25) is 0 Å². The van der Waals surface area contributed by atoms with Crippen molar-refractivity contribution >= 4 is 5.91 Å². The van der Waals surface area contributed by atoms with Crippen molar-refractivity contribution in [1.82, 2.24) is 5.32 Å². The highest BCUT2D eigenvalue weighted by molar-refractivity contribution is 5.94. The van der Waals surface area contributed by atoms with Gasteiger partial charge in [-0.25, -0.2) is 4.39 Å². The molecule has 0 spiro atoms. The highest BCUT2D eigenvalue weighted by Crippen LogP contribution is 2.27. The first-order valence-electron chi connectivity index (χ1n) is 8.20. The van der Waals surface area contributed by atoms with Crippen LogP contribution in [0.15, 0.2) is 12.1 Å². The zero-order valence-corrected chi connectivity index (χ0v) is 13.8. The van der Waals surface area contributed by atoms with Gasteiger partial charge in [0.05, 0.1) is 0 Å². The number of carbonyl (C=O) groups excluding carboxylic acids is 1. The summed E-state index contributed by atoms with van der Waals surface area (Å²) in [6, 6.07) is 2.95. The topological polar surface area (TPSA) is 38.3 Å². The van der Waals surface area contributed by atoms with E-state index < -0.39 is 5.82 Å². The molecular formula is C19H24FNO2. The molecule has 4 heteroatoms. The molecule has 0 bridgehead atoms. The maximum atomic E-state index is 14.1. The van der Waals surface area contributed by atoms with E-state index >= 15 is 0 Å². The lowest BCUT2D eigenvalue weighted by Crippen LogP contribution is -2.38. The largest absolute Gasteiger partial charge is 0.478 e. The highest BCUT2D eigenvalue weighted by Gasteiger charge is 2.22. The molecule has 0 aliphatic heterocycles.